The molecule has 0 saturated carbocycles. The van der Waals surface area contributed by atoms with Gasteiger partial charge in [0.15, 0.2) is 0 Å². The van der Waals surface area contributed by atoms with Crippen LogP contribution in [-0.2, 0) is 6.42 Å². The average molecular weight is 279 g/mol. The molecule has 5 heteroatoms. The van der Waals surface area contributed by atoms with Crippen molar-refractivity contribution in [3.05, 3.63) is 53.3 Å². The second-order valence-electron chi connectivity index (χ2n) is 5.24. The number of pyridine rings is 1. The minimum Gasteiger partial charge on any atom is -0.385 e. The molecule has 0 saturated heterocycles. The molecule has 1 aromatic heterocycles. The van der Waals surface area contributed by atoms with Crippen molar-refractivity contribution in [1.82, 2.24) is 4.98 Å². The molecule has 1 aromatic carbocycles. The molecule has 5 nitrogen and oxygen atoms in total. The van der Waals surface area contributed by atoms with Crippen LogP contribution in [0, 0.1) is 0 Å². The first-order valence-electron chi connectivity index (χ1n) is 6.95. The van der Waals surface area contributed by atoms with Crippen molar-refractivity contribution in [2.24, 2.45) is 0 Å². The van der Waals surface area contributed by atoms with E-state index in [-0.39, 0.29) is 11.8 Å². The Morgan fingerprint density at radius 3 is 2.81 bits per heavy atom. The van der Waals surface area contributed by atoms with Gasteiger partial charge in [0.25, 0.3) is 11.8 Å². The first-order chi connectivity index (χ1) is 10.3. The molecule has 1 N–H and O–H groups in total. The summed E-state index contributed by atoms with van der Waals surface area (Å²) < 4.78 is 0. The van der Waals surface area contributed by atoms with Gasteiger partial charge in [0.1, 0.15) is 0 Å². The zero-order valence-corrected chi connectivity index (χ0v) is 11.3. The number of hydrogen-bond acceptors (Lipinski definition) is 4. The van der Waals surface area contributed by atoms with Crippen LogP contribution in [0.25, 0.3) is 0 Å². The zero-order valence-electron chi connectivity index (χ0n) is 11.3. The van der Waals surface area contributed by atoms with E-state index in [4.69, 9.17) is 0 Å². The number of aromatic nitrogens is 1. The van der Waals surface area contributed by atoms with E-state index in [2.05, 4.69) is 10.3 Å². The van der Waals surface area contributed by atoms with Crippen LogP contribution >= 0.6 is 0 Å². The van der Waals surface area contributed by atoms with Crippen LogP contribution in [0.4, 0.5) is 11.4 Å². The van der Waals surface area contributed by atoms with Crippen molar-refractivity contribution in [1.29, 1.82) is 0 Å². The lowest BCUT2D eigenvalue weighted by Gasteiger charge is -2.21. The lowest BCUT2D eigenvalue weighted by molar-refractivity contribution is 0.0926. The summed E-state index contributed by atoms with van der Waals surface area (Å²) in [4.78, 5) is 30.0. The number of benzene rings is 1. The predicted molar refractivity (Wildman–Crippen MR) is 78.6 cm³/mol. The van der Waals surface area contributed by atoms with E-state index in [1.807, 2.05) is 18.2 Å². The van der Waals surface area contributed by atoms with E-state index in [1.165, 1.54) is 22.9 Å². The molecule has 2 aromatic rings. The predicted octanol–water partition coefficient (Wildman–Crippen LogP) is 2.24. The second kappa shape index (κ2) is 4.41. The maximum atomic E-state index is 12.4. The Bertz CT molecular complexity index is 735. The highest BCUT2D eigenvalue weighted by Crippen LogP contribution is 2.32. The van der Waals surface area contributed by atoms with Gasteiger partial charge < -0.3 is 5.32 Å². The lowest BCUT2D eigenvalue weighted by Crippen LogP contribution is -2.29. The number of fused-ring (bicyclic) bond motifs is 2. The van der Waals surface area contributed by atoms with Crippen LogP contribution in [0.1, 0.15) is 32.7 Å². The van der Waals surface area contributed by atoms with Gasteiger partial charge in [-0.15, -0.1) is 0 Å². The average Bonchev–Trinajstić information content (AvgIpc) is 2.79. The van der Waals surface area contributed by atoms with Crippen molar-refractivity contribution in [3.8, 4) is 0 Å². The van der Waals surface area contributed by atoms with Crippen molar-refractivity contribution >= 4 is 23.2 Å². The second-order valence-corrected chi connectivity index (χ2v) is 5.24. The van der Waals surface area contributed by atoms with E-state index >= 15 is 0 Å². The molecule has 4 rings (SSSR count). The van der Waals surface area contributed by atoms with Gasteiger partial charge in [-0.1, -0.05) is 6.07 Å². The SMILES string of the molecule is O=C1c2ccncc2C(=O)N1c1ccc2c(c1)NCCC2. The van der Waals surface area contributed by atoms with E-state index in [0.29, 0.717) is 16.8 Å². The van der Waals surface area contributed by atoms with Gasteiger partial charge in [-0.05, 0) is 36.6 Å². The maximum Gasteiger partial charge on any atom is 0.267 e. The standard InChI is InChI=1S/C16H13N3O2/c20-15-12-5-7-17-9-13(12)16(21)19(15)11-4-3-10-2-1-6-18-14(10)8-11/h3-5,7-9,18H,1-2,6H2. The molecule has 0 unspecified atom stereocenters. The highest BCUT2D eigenvalue weighted by molar-refractivity contribution is 6.34. The van der Waals surface area contributed by atoms with Crippen LogP contribution < -0.4 is 10.2 Å². The van der Waals surface area contributed by atoms with Crippen LogP contribution in [0.3, 0.4) is 0 Å². The van der Waals surface area contributed by atoms with Crippen LogP contribution in [0.5, 0.6) is 0 Å². The summed E-state index contributed by atoms with van der Waals surface area (Å²) in [5.74, 6) is -0.591. The van der Waals surface area contributed by atoms with Gasteiger partial charge in [0.05, 0.1) is 16.8 Å². The molecule has 2 aliphatic rings. The summed E-state index contributed by atoms with van der Waals surface area (Å²) >= 11 is 0. The Morgan fingerprint density at radius 2 is 1.95 bits per heavy atom. The first kappa shape index (κ1) is 12.1. The molecule has 3 heterocycles. The highest BCUT2D eigenvalue weighted by Gasteiger charge is 2.36. The lowest BCUT2D eigenvalue weighted by atomic mass is 10.0. The monoisotopic (exact) mass is 279 g/mol. The van der Waals surface area contributed by atoms with Crippen molar-refractivity contribution in [3.63, 3.8) is 0 Å². The summed E-state index contributed by atoms with van der Waals surface area (Å²) in [5, 5.41) is 3.32. The Kier molecular flexibility index (Phi) is 2.54. The number of aryl methyl sites for hydroxylation is 1. The molecule has 21 heavy (non-hydrogen) atoms. The van der Waals surface area contributed by atoms with E-state index in [9.17, 15) is 9.59 Å². The fraction of sp³-hybridized carbons (Fsp3) is 0.188. The third-order valence-corrected chi connectivity index (χ3v) is 3.98. The number of hydrogen-bond donors (Lipinski definition) is 1. The summed E-state index contributed by atoms with van der Waals surface area (Å²) in [5.41, 5.74) is 3.62. The number of carbonyl (C=O) groups excluding carboxylic acids is 2. The summed E-state index contributed by atoms with van der Waals surface area (Å²) in [6.45, 7) is 0.919. The number of rotatable bonds is 1. The van der Waals surface area contributed by atoms with Crippen molar-refractivity contribution in [2.45, 2.75) is 12.8 Å². The zero-order chi connectivity index (χ0) is 14.4. The molecule has 0 aliphatic carbocycles. The number of anilines is 2. The minimum absolute atomic E-state index is 0.284. The molecule has 0 radical (unpaired) electrons. The Morgan fingerprint density at radius 1 is 1.10 bits per heavy atom. The number of nitrogens with one attached hydrogen (secondary N) is 1. The van der Waals surface area contributed by atoms with Gasteiger partial charge in [-0.3, -0.25) is 14.6 Å². The van der Waals surface area contributed by atoms with Crippen molar-refractivity contribution < 1.29 is 9.59 Å². The number of carbonyl (C=O) groups is 2. The minimum atomic E-state index is -0.307. The molecule has 2 amide bonds. The molecule has 2 aliphatic heterocycles. The molecular weight excluding hydrogens is 266 g/mol. The molecule has 0 fully saturated rings. The number of nitrogens with zero attached hydrogens (tertiary/aromatic N) is 2. The van der Waals surface area contributed by atoms with Gasteiger partial charge in [0, 0.05) is 24.6 Å². The highest BCUT2D eigenvalue weighted by atomic mass is 16.2. The Hall–Kier alpha value is -2.69. The van der Waals surface area contributed by atoms with Crippen LogP contribution in [0.15, 0.2) is 36.7 Å². The van der Waals surface area contributed by atoms with Crippen molar-refractivity contribution in [2.75, 3.05) is 16.8 Å². The third kappa shape index (κ3) is 1.74. The van der Waals surface area contributed by atoms with Gasteiger partial charge in [0.2, 0.25) is 0 Å². The summed E-state index contributed by atoms with van der Waals surface area (Å²) in [6, 6.07) is 7.29. The van der Waals surface area contributed by atoms with Crippen LogP contribution in [0.2, 0.25) is 0 Å². The van der Waals surface area contributed by atoms with Crippen LogP contribution in [-0.4, -0.2) is 23.3 Å². The summed E-state index contributed by atoms with van der Waals surface area (Å²) in [7, 11) is 0. The first-order valence-corrected chi connectivity index (χ1v) is 6.95. The van der Waals surface area contributed by atoms with Gasteiger partial charge in [-0.2, -0.15) is 0 Å². The number of imide groups is 1. The van der Waals surface area contributed by atoms with Gasteiger partial charge >= 0.3 is 0 Å². The fourth-order valence-electron chi connectivity index (χ4n) is 2.91. The molecular formula is C16H13N3O2. The Balaban J connectivity index is 1.78. The summed E-state index contributed by atoms with van der Waals surface area (Å²) in [6.07, 6.45) is 5.10. The fourth-order valence-corrected chi connectivity index (χ4v) is 2.91. The molecule has 0 spiro atoms. The smallest absolute Gasteiger partial charge is 0.267 e. The molecule has 0 bridgehead atoms. The number of amides is 2. The Labute approximate surface area is 121 Å². The third-order valence-electron chi connectivity index (χ3n) is 3.98. The maximum absolute atomic E-state index is 12.4. The quantitative estimate of drug-likeness (QED) is 0.813. The van der Waals surface area contributed by atoms with E-state index in [0.717, 1.165) is 25.1 Å². The van der Waals surface area contributed by atoms with Gasteiger partial charge in [-0.25, -0.2) is 4.90 Å². The molecule has 0 atom stereocenters. The van der Waals surface area contributed by atoms with E-state index in [1.54, 1.807) is 6.07 Å². The topological polar surface area (TPSA) is 62.3 Å². The largest absolute Gasteiger partial charge is 0.385 e. The molecule has 104 valence electrons. The van der Waals surface area contributed by atoms with E-state index < -0.39 is 0 Å². The normalized spacial score (nSPS) is 16.5.